The van der Waals surface area contributed by atoms with Crippen LogP contribution in [-0.4, -0.2) is 4.98 Å². The van der Waals surface area contributed by atoms with Crippen LogP contribution in [0, 0.1) is 5.41 Å². The van der Waals surface area contributed by atoms with Gasteiger partial charge in [-0.3, -0.25) is 4.98 Å². The molecule has 1 aromatic rings. The van der Waals surface area contributed by atoms with E-state index in [1.807, 2.05) is 6.20 Å². The number of rotatable bonds is 1. The van der Waals surface area contributed by atoms with Gasteiger partial charge in [-0.05, 0) is 29.9 Å². The van der Waals surface area contributed by atoms with E-state index in [0.29, 0.717) is 10.8 Å². The first-order valence-electron chi connectivity index (χ1n) is 5.97. The fourth-order valence-corrected chi connectivity index (χ4v) is 3.10. The lowest BCUT2D eigenvalue weighted by Crippen LogP contribution is -2.37. The fourth-order valence-electron chi connectivity index (χ4n) is 3.10. The molecule has 0 unspecified atom stereocenters. The van der Waals surface area contributed by atoms with E-state index in [-0.39, 0.29) is 0 Å². The molecule has 15 heavy (non-hydrogen) atoms. The lowest BCUT2D eigenvalue weighted by Gasteiger charge is -2.42. The lowest BCUT2D eigenvalue weighted by atomic mass is 9.62. The molecule has 1 heterocycles. The Balaban J connectivity index is 2.44. The monoisotopic (exact) mass is 203 g/mol. The second kappa shape index (κ2) is 3.62. The molecule has 0 bridgehead atoms. The zero-order valence-corrected chi connectivity index (χ0v) is 10.1. The highest BCUT2D eigenvalue weighted by Gasteiger charge is 2.45. The molecule has 1 saturated carbocycles. The molecule has 0 aromatic carbocycles. The van der Waals surface area contributed by atoms with E-state index in [2.05, 4.69) is 44.1 Å². The van der Waals surface area contributed by atoms with Crippen LogP contribution >= 0.6 is 0 Å². The third-order valence-corrected chi connectivity index (χ3v) is 4.11. The molecule has 2 rings (SSSR count). The van der Waals surface area contributed by atoms with Crippen LogP contribution in [0.15, 0.2) is 24.5 Å². The first-order chi connectivity index (χ1) is 7.06. The van der Waals surface area contributed by atoms with Crippen LogP contribution in [0.3, 0.4) is 0 Å². The predicted molar refractivity (Wildman–Crippen MR) is 63.8 cm³/mol. The molecule has 0 atom stereocenters. The Kier molecular flexibility index (Phi) is 2.57. The maximum absolute atomic E-state index is 4.29. The Labute approximate surface area is 92.9 Å². The maximum atomic E-state index is 4.29. The zero-order valence-electron chi connectivity index (χ0n) is 10.1. The van der Waals surface area contributed by atoms with Gasteiger partial charge in [-0.2, -0.15) is 0 Å². The van der Waals surface area contributed by atoms with Crippen LogP contribution in [0.4, 0.5) is 0 Å². The van der Waals surface area contributed by atoms with E-state index in [4.69, 9.17) is 0 Å². The van der Waals surface area contributed by atoms with Crippen LogP contribution in [0.1, 0.15) is 52.0 Å². The van der Waals surface area contributed by atoms with E-state index in [0.717, 1.165) is 0 Å². The summed E-state index contributed by atoms with van der Waals surface area (Å²) in [4.78, 5) is 4.29. The van der Waals surface area contributed by atoms with E-state index >= 15 is 0 Å². The molecule has 0 spiro atoms. The van der Waals surface area contributed by atoms with Crippen molar-refractivity contribution in [2.75, 3.05) is 0 Å². The number of hydrogen-bond donors (Lipinski definition) is 0. The van der Waals surface area contributed by atoms with Crippen molar-refractivity contribution in [2.24, 2.45) is 5.41 Å². The van der Waals surface area contributed by atoms with Crippen molar-refractivity contribution in [1.29, 1.82) is 0 Å². The Bertz CT molecular complexity index is 315. The van der Waals surface area contributed by atoms with E-state index < -0.39 is 0 Å². The molecule has 1 aliphatic carbocycles. The highest BCUT2D eigenvalue weighted by molar-refractivity contribution is 5.26. The number of nitrogens with zero attached hydrogens (tertiary/aromatic N) is 1. The minimum absolute atomic E-state index is 0.340. The molecule has 0 aliphatic heterocycles. The lowest BCUT2D eigenvalue weighted by molar-refractivity contribution is 0.187. The van der Waals surface area contributed by atoms with Gasteiger partial charge in [-0.25, -0.2) is 0 Å². The van der Waals surface area contributed by atoms with Gasteiger partial charge in [0.2, 0.25) is 0 Å². The quantitative estimate of drug-likeness (QED) is 0.673. The molecule has 0 amide bonds. The van der Waals surface area contributed by atoms with Crippen molar-refractivity contribution in [3.05, 3.63) is 30.1 Å². The van der Waals surface area contributed by atoms with Gasteiger partial charge >= 0.3 is 0 Å². The average molecular weight is 203 g/mol. The second-order valence-corrected chi connectivity index (χ2v) is 5.78. The molecule has 1 aliphatic rings. The smallest absolute Gasteiger partial charge is 0.0305 e. The van der Waals surface area contributed by atoms with Crippen LogP contribution in [-0.2, 0) is 5.41 Å². The summed E-state index contributed by atoms with van der Waals surface area (Å²) in [5.41, 5.74) is 2.14. The van der Waals surface area contributed by atoms with E-state index in [1.165, 1.54) is 31.2 Å². The molecule has 0 saturated heterocycles. The largest absolute Gasteiger partial charge is 0.264 e. The summed E-state index contributed by atoms with van der Waals surface area (Å²) in [7, 11) is 0. The molecule has 0 radical (unpaired) electrons. The first-order valence-corrected chi connectivity index (χ1v) is 5.97. The fraction of sp³-hybridized carbons (Fsp3) is 0.643. The molecule has 1 aromatic heterocycles. The highest BCUT2D eigenvalue weighted by atomic mass is 14.6. The minimum atomic E-state index is 0.340. The molecule has 0 N–H and O–H groups in total. The summed E-state index contributed by atoms with van der Waals surface area (Å²) in [6, 6.07) is 4.32. The Hall–Kier alpha value is -0.850. The van der Waals surface area contributed by atoms with Crippen LogP contribution in [0.25, 0.3) is 0 Å². The van der Waals surface area contributed by atoms with Crippen LogP contribution < -0.4 is 0 Å². The van der Waals surface area contributed by atoms with Crippen molar-refractivity contribution in [3.8, 4) is 0 Å². The minimum Gasteiger partial charge on any atom is -0.264 e. The third kappa shape index (κ3) is 1.68. The Morgan fingerprint density at radius 2 is 1.87 bits per heavy atom. The van der Waals surface area contributed by atoms with Gasteiger partial charge < -0.3 is 0 Å². The topological polar surface area (TPSA) is 12.9 Å². The zero-order chi connectivity index (χ0) is 10.9. The van der Waals surface area contributed by atoms with Gasteiger partial charge in [0.05, 0.1) is 0 Å². The third-order valence-electron chi connectivity index (χ3n) is 4.11. The van der Waals surface area contributed by atoms with Gasteiger partial charge in [0.25, 0.3) is 0 Å². The summed E-state index contributed by atoms with van der Waals surface area (Å²) >= 11 is 0. The number of hydrogen-bond acceptors (Lipinski definition) is 1. The Morgan fingerprint density at radius 1 is 1.20 bits per heavy atom. The van der Waals surface area contributed by atoms with E-state index in [1.54, 1.807) is 0 Å². The van der Waals surface area contributed by atoms with Crippen molar-refractivity contribution in [2.45, 2.75) is 51.9 Å². The van der Waals surface area contributed by atoms with Crippen LogP contribution in [0.5, 0.6) is 0 Å². The summed E-state index contributed by atoms with van der Waals surface area (Å²) in [6.45, 7) is 7.10. The van der Waals surface area contributed by atoms with Crippen molar-refractivity contribution >= 4 is 0 Å². The number of aromatic nitrogens is 1. The first kappa shape index (κ1) is 10.7. The summed E-state index contributed by atoms with van der Waals surface area (Å²) < 4.78 is 0. The molecular formula is C14H21N. The maximum Gasteiger partial charge on any atom is 0.0305 e. The van der Waals surface area contributed by atoms with Crippen LogP contribution in [0.2, 0.25) is 0 Å². The highest BCUT2D eigenvalue weighted by Crippen LogP contribution is 2.52. The number of pyridine rings is 1. The summed E-state index contributed by atoms with van der Waals surface area (Å²) in [5, 5.41) is 0. The van der Waals surface area contributed by atoms with Gasteiger partial charge in [-0.15, -0.1) is 0 Å². The molecule has 1 heteroatoms. The molecule has 1 fully saturated rings. The predicted octanol–water partition coefficient (Wildman–Crippen LogP) is 3.94. The Morgan fingerprint density at radius 3 is 2.33 bits per heavy atom. The van der Waals surface area contributed by atoms with Gasteiger partial charge in [0.15, 0.2) is 0 Å². The van der Waals surface area contributed by atoms with E-state index in [9.17, 15) is 0 Å². The van der Waals surface area contributed by atoms with Crippen molar-refractivity contribution in [1.82, 2.24) is 4.98 Å². The second-order valence-electron chi connectivity index (χ2n) is 5.78. The molecule has 1 nitrogen and oxygen atoms in total. The molecular weight excluding hydrogens is 182 g/mol. The molecule has 82 valence electrons. The van der Waals surface area contributed by atoms with Gasteiger partial charge in [-0.1, -0.05) is 39.7 Å². The van der Waals surface area contributed by atoms with Crippen molar-refractivity contribution in [3.63, 3.8) is 0 Å². The summed E-state index contributed by atoms with van der Waals surface area (Å²) in [6.07, 6.45) is 9.31. The van der Waals surface area contributed by atoms with Gasteiger partial charge in [0.1, 0.15) is 0 Å². The normalized spacial score (nSPS) is 20.5. The summed E-state index contributed by atoms with van der Waals surface area (Å²) in [5.74, 6) is 0. The average Bonchev–Trinajstić information content (AvgIpc) is 2.68. The van der Waals surface area contributed by atoms with Crippen molar-refractivity contribution < 1.29 is 0 Å². The standard InChI is InChI=1S/C14H21N/c1-13(2,3)14(8-4-5-9-14)12-7-6-10-15-11-12/h6-7,10-11H,4-5,8-9H2,1-3H3. The SMILES string of the molecule is CC(C)(C)C1(c2cccnc2)CCCC1. The van der Waals surface area contributed by atoms with Gasteiger partial charge in [0, 0.05) is 17.8 Å².